The zero-order valence-electron chi connectivity index (χ0n) is 11.9. The highest BCUT2D eigenvalue weighted by molar-refractivity contribution is 5.26. The molecule has 0 aliphatic carbocycles. The second kappa shape index (κ2) is 5.96. The van der Waals surface area contributed by atoms with Gasteiger partial charge in [0.05, 0.1) is 18.1 Å². The summed E-state index contributed by atoms with van der Waals surface area (Å²) in [5.41, 5.74) is 0.852. The Balaban J connectivity index is 1.98. The van der Waals surface area contributed by atoms with E-state index in [2.05, 4.69) is 36.1 Å². The van der Waals surface area contributed by atoms with Crippen molar-refractivity contribution in [2.24, 2.45) is 0 Å². The highest BCUT2D eigenvalue weighted by Crippen LogP contribution is 2.19. The lowest BCUT2D eigenvalue weighted by molar-refractivity contribution is 0.418. The molecule has 0 atom stereocenters. The first-order valence-electron chi connectivity index (χ1n) is 6.42. The van der Waals surface area contributed by atoms with Gasteiger partial charge < -0.3 is 10.1 Å². The van der Waals surface area contributed by atoms with Gasteiger partial charge in [0, 0.05) is 18.2 Å². The van der Waals surface area contributed by atoms with Gasteiger partial charge in [-0.05, 0) is 32.9 Å². The zero-order chi connectivity index (χ0) is 14.6. The van der Waals surface area contributed by atoms with Gasteiger partial charge in [0.25, 0.3) is 0 Å². The molecule has 5 heteroatoms. The average Bonchev–Trinajstić information content (AvgIpc) is 2.37. The fraction of sp³-hybridized carbons (Fsp3) is 0.333. The minimum absolute atomic E-state index is 0.0262. The third-order valence-corrected chi connectivity index (χ3v) is 2.50. The summed E-state index contributed by atoms with van der Waals surface area (Å²) in [5, 5.41) is 3.32. The Hall–Kier alpha value is -2.01. The van der Waals surface area contributed by atoms with Crippen LogP contribution in [0.2, 0.25) is 0 Å². The Morgan fingerprint density at radius 2 is 2.00 bits per heavy atom. The smallest absolute Gasteiger partial charge is 0.237 e. The van der Waals surface area contributed by atoms with Crippen LogP contribution in [-0.2, 0) is 6.54 Å². The Morgan fingerprint density at radius 1 is 1.20 bits per heavy atom. The van der Waals surface area contributed by atoms with Gasteiger partial charge in [-0.25, -0.2) is 9.37 Å². The molecule has 2 aromatic rings. The maximum absolute atomic E-state index is 13.0. The van der Waals surface area contributed by atoms with Gasteiger partial charge in [0.1, 0.15) is 11.6 Å². The van der Waals surface area contributed by atoms with Crippen molar-refractivity contribution in [2.45, 2.75) is 32.9 Å². The minimum atomic E-state index is -0.346. The molecule has 1 aromatic carbocycles. The van der Waals surface area contributed by atoms with Crippen molar-refractivity contribution in [1.82, 2.24) is 15.3 Å². The molecule has 0 saturated carbocycles. The van der Waals surface area contributed by atoms with Crippen molar-refractivity contribution in [3.63, 3.8) is 0 Å². The van der Waals surface area contributed by atoms with E-state index in [0.717, 1.165) is 5.69 Å². The summed E-state index contributed by atoms with van der Waals surface area (Å²) in [6.07, 6.45) is 3.18. The molecule has 1 aromatic heterocycles. The standard InChI is InChI=1S/C15H18FN3O/c1-15(2,3)19-9-12-8-18-14(10-17-12)20-13-6-4-5-11(16)7-13/h4-8,10,19H,9H2,1-3H3. The van der Waals surface area contributed by atoms with Gasteiger partial charge in [-0.2, -0.15) is 0 Å². The normalized spacial score (nSPS) is 11.4. The molecule has 0 saturated heterocycles. The first kappa shape index (κ1) is 14.4. The van der Waals surface area contributed by atoms with Crippen LogP contribution < -0.4 is 10.1 Å². The lowest BCUT2D eigenvalue weighted by Gasteiger charge is -2.19. The zero-order valence-corrected chi connectivity index (χ0v) is 11.9. The summed E-state index contributed by atoms with van der Waals surface area (Å²) in [6.45, 7) is 6.89. The average molecular weight is 275 g/mol. The Kier molecular flexibility index (Phi) is 4.29. The maximum atomic E-state index is 13.0. The second-order valence-electron chi connectivity index (χ2n) is 5.51. The van der Waals surface area contributed by atoms with Crippen LogP contribution in [0.3, 0.4) is 0 Å². The molecule has 2 rings (SSSR count). The van der Waals surface area contributed by atoms with Crippen molar-refractivity contribution in [3.05, 3.63) is 48.2 Å². The lowest BCUT2D eigenvalue weighted by Crippen LogP contribution is -2.35. The number of aromatic nitrogens is 2. The van der Waals surface area contributed by atoms with Crippen LogP contribution in [0.25, 0.3) is 0 Å². The molecule has 106 valence electrons. The molecule has 0 unspecified atom stereocenters. The number of hydrogen-bond acceptors (Lipinski definition) is 4. The monoisotopic (exact) mass is 275 g/mol. The Labute approximate surface area is 118 Å². The van der Waals surface area contributed by atoms with Crippen LogP contribution in [0, 0.1) is 5.82 Å². The number of rotatable bonds is 4. The molecule has 4 nitrogen and oxygen atoms in total. The second-order valence-corrected chi connectivity index (χ2v) is 5.51. The van der Waals surface area contributed by atoms with Gasteiger partial charge in [-0.1, -0.05) is 6.07 Å². The SMILES string of the molecule is CC(C)(C)NCc1cnc(Oc2cccc(F)c2)cn1. The van der Waals surface area contributed by atoms with Gasteiger partial charge in [0.15, 0.2) is 0 Å². The van der Waals surface area contributed by atoms with E-state index in [1.807, 2.05) is 0 Å². The summed E-state index contributed by atoms with van der Waals surface area (Å²) < 4.78 is 18.4. The van der Waals surface area contributed by atoms with Crippen molar-refractivity contribution in [1.29, 1.82) is 0 Å². The van der Waals surface area contributed by atoms with Crippen molar-refractivity contribution < 1.29 is 9.13 Å². The molecule has 0 spiro atoms. The quantitative estimate of drug-likeness (QED) is 0.930. The summed E-state index contributed by atoms with van der Waals surface area (Å²) in [4.78, 5) is 8.41. The van der Waals surface area contributed by atoms with Crippen LogP contribution in [0.15, 0.2) is 36.7 Å². The van der Waals surface area contributed by atoms with Gasteiger partial charge in [-0.15, -0.1) is 0 Å². The van der Waals surface area contributed by atoms with Crippen LogP contribution in [0.5, 0.6) is 11.6 Å². The number of hydrogen-bond donors (Lipinski definition) is 1. The van der Waals surface area contributed by atoms with E-state index in [-0.39, 0.29) is 11.4 Å². The predicted molar refractivity (Wildman–Crippen MR) is 75.1 cm³/mol. The first-order valence-corrected chi connectivity index (χ1v) is 6.42. The fourth-order valence-corrected chi connectivity index (χ4v) is 1.49. The van der Waals surface area contributed by atoms with Gasteiger partial charge >= 0.3 is 0 Å². The number of halogens is 1. The first-order chi connectivity index (χ1) is 9.42. The highest BCUT2D eigenvalue weighted by atomic mass is 19.1. The fourth-order valence-electron chi connectivity index (χ4n) is 1.49. The van der Waals surface area contributed by atoms with Crippen LogP contribution in [-0.4, -0.2) is 15.5 Å². The van der Waals surface area contributed by atoms with E-state index in [4.69, 9.17) is 4.74 Å². The van der Waals surface area contributed by atoms with E-state index in [0.29, 0.717) is 18.2 Å². The lowest BCUT2D eigenvalue weighted by atomic mass is 10.1. The van der Waals surface area contributed by atoms with E-state index >= 15 is 0 Å². The van der Waals surface area contributed by atoms with E-state index in [9.17, 15) is 4.39 Å². The highest BCUT2D eigenvalue weighted by Gasteiger charge is 2.09. The van der Waals surface area contributed by atoms with Gasteiger partial charge in [-0.3, -0.25) is 4.98 Å². The van der Waals surface area contributed by atoms with Crippen LogP contribution in [0.4, 0.5) is 4.39 Å². The number of benzene rings is 1. The topological polar surface area (TPSA) is 47.0 Å². The molecule has 0 aliphatic heterocycles. The van der Waals surface area contributed by atoms with Gasteiger partial charge in [0.2, 0.25) is 5.88 Å². The number of nitrogens with zero attached hydrogens (tertiary/aromatic N) is 2. The third kappa shape index (κ3) is 4.59. The molecule has 0 amide bonds. The molecular weight excluding hydrogens is 257 g/mol. The molecule has 0 fully saturated rings. The molecule has 0 bridgehead atoms. The van der Waals surface area contributed by atoms with Crippen LogP contribution in [0.1, 0.15) is 26.5 Å². The van der Waals surface area contributed by atoms with Crippen molar-refractivity contribution in [3.8, 4) is 11.6 Å². The molecule has 0 aliphatic rings. The van der Waals surface area contributed by atoms with Crippen molar-refractivity contribution >= 4 is 0 Å². The molecule has 20 heavy (non-hydrogen) atoms. The number of nitrogens with one attached hydrogen (secondary N) is 1. The summed E-state index contributed by atoms with van der Waals surface area (Å²) in [7, 11) is 0. The Morgan fingerprint density at radius 3 is 2.60 bits per heavy atom. The molecule has 1 N–H and O–H groups in total. The Bertz CT molecular complexity index is 564. The predicted octanol–water partition coefficient (Wildman–Crippen LogP) is 3.30. The third-order valence-electron chi connectivity index (χ3n) is 2.50. The summed E-state index contributed by atoms with van der Waals surface area (Å²) >= 11 is 0. The molecular formula is C15H18FN3O. The largest absolute Gasteiger partial charge is 0.437 e. The minimum Gasteiger partial charge on any atom is -0.437 e. The molecule has 1 heterocycles. The summed E-state index contributed by atoms with van der Waals surface area (Å²) in [5.74, 6) is 0.399. The molecule has 0 radical (unpaired) electrons. The van der Waals surface area contributed by atoms with E-state index < -0.39 is 0 Å². The van der Waals surface area contributed by atoms with E-state index in [1.165, 1.54) is 18.3 Å². The van der Waals surface area contributed by atoms with Crippen LogP contribution >= 0.6 is 0 Å². The maximum Gasteiger partial charge on any atom is 0.237 e. The summed E-state index contributed by atoms with van der Waals surface area (Å²) in [6, 6.07) is 5.91. The van der Waals surface area contributed by atoms with Crippen molar-refractivity contribution in [2.75, 3.05) is 0 Å². The van der Waals surface area contributed by atoms with E-state index in [1.54, 1.807) is 18.3 Å². The number of ether oxygens (including phenoxy) is 1.